The van der Waals surface area contributed by atoms with E-state index in [0.29, 0.717) is 18.6 Å². The zero-order valence-electron chi connectivity index (χ0n) is 21.5. The predicted molar refractivity (Wildman–Crippen MR) is 149 cm³/mol. The van der Waals surface area contributed by atoms with Crippen molar-refractivity contribution in [1.82, 2.24) is 0 Å². The standard InChI is InChI=1S/C33H37NO3/c34-26-30-17-11-16-29(25-30)24-28(15-6-9-20-33(35)36)21-22-31-18-7-8-19-32(31)37-23-10-2-5-14-27-12-3-1-4-13-27/h1,3-4,7-8,11-13,16-19,21-22,25,28H,2,5-6,9-10,14-15,20,23-24H2,(H,35,36)/b22-21+. The third-order valence-corrected chi connectivity index (χ3v) is 6.45. The molecule has 0 saturated carbocycles. The molecule has 3 rings (SSSR count). The highest BCUT2D eigenvalue weighted by atomic mass is 16.5. The number of allylic oxidation sites excluding steroid dienone is 1. The van der Waals surface area contributed by atoms with Crippen LogP contribution in [-0.2, 0) is 17.6 Å². The van der Waals surface area contributed by atoms with Crippen LogP contribution >= 0.6 is 0 Å². The normalized spacial score (nSPS) is 11.8. The van der Waals surface area contributed by atoms with E-state index in [4.69, 9.17) is 9.84 Å². The number of ether oxygens (including phenoxy) is 1. The van der Waals surface area contributed by atoms with Gasteiger partial charge in [-0.3, -0.25) is 4.79 Å². The lowest BCUT2D eigenvalue weighted by molar-refractivity contribution is -0.137. The van der Waals surface area contributed by atoms with E-state index < -0.39 is 5.97 Å². The average Bonchev–Trinajstić information content (AvgIpc) is 2.92. The van der Waals surface area contributed by atoms with Crippen LogP contribution in [0.4, 0.5) is 0 Å². The molecule has 0 fully saturated rings. The smallest absolute Gasteiger partial charge is 0.303 e. The van der Waals surface area contributed by atoms with Gasteiger partial charge in [-0.2, -0.15) is 5.26 Å². The molecule has 192 valence electrons. The molecule has 3 aromatic carbocycles. The Kier molecular flexibility index (Phi) is 12.0. The number of nitriles is 1. The van der Waals surface area contributed by atoms with Crippen molar-refractivity contribution in [2.24, 2.45) is 5.92 Å². The maximum absolute atomic E-state index is 10.9. The minimum Gasteiger partial charge on any atom is -0.493 e. The first-order valence-electron chi connectivity index (χ1n) is 13.3. The van der Waals surface area contributed by atoms with Gasteiger partial charge >= 0.3 is 5.97 Å². The number of aliphatic carboxylic acids is 1. The fraction of sp³-hybridized carbons (Fsp3) is 0.333. The van der Waals surface area contributed by atoms with Crippen molar-refractivity contribution in [2.75, 3.05) is 6.61 Å². The lowest BCUT2D eigenvalue weighted by atomic mass is 9.92. The van der Waals surface area contributed by atoms with Gasteiger partial charge in [-0.05, 0) is 80.2 Å². The second-order valence-electron chi connectivity index (χ2n) is 9.46. The number of hydrogen-bond donors (Lipinski definition) is 1. The minimum atomic E-state index is -0.750. The van der Waals surface area contributed by atoms with Crippen LogP contribution in [0.3, 0.4) is 0 Å². The fourth-order valence-corrected chi connectivity index (χ4v) is 4.44. The largest absolute Gasteiger partial charge is 0.493 e. The van der Waals surface area contributed by atoms with E-state index in [-0.39, 0.29) is 12.3 Å². The van der Waals surface area contributed by atoms with E-state index in [0.717, 1.165) is 61.8 Å². The molecule has 1 atom stereocenters. The zero-order valence-corrected chi connectivity index (χ0v) is 21.5. The van der Waals surface area contributed by atoms with Crippen LogP contribution < -0.4 is 4.74 Å². The van der Waals surface area contributed by atoms with Crippen LogP contribution in [0.15, 0.2) is 84.9 Å². The Hall–Kier alpha value is -3.84. The summed E-state index contributed by atoms with van der Waals surface area (Å²) in [6.07, 6.45) is 12.2. The molecule has 4 heteroatoms. The number of nitrogens with zero attached hydrogens (tertiary/aromatic N) is 1. The number of rotatable bonds is 16. The fourth-order valence-electron chi connectivity index (χ4n) is 4.44. The second-order valence-corrected chi connectivity index (χ2v) is 9.46. The van der Waals surface area contributed by atoms with Gasteiger partial charge in [0.25, 0.3) is 0 Å². The molecule has 0 aliphatic rings. The van der Waals surface area contributed by atoms with Gasteiger partial charge in [-0.25, -0.2) is 0 Å². The van der Waals surface area contributed by atoms with E-state index >= 15 is 0 Å². The number of aryl methyl sites for hydroxylation is 1. The molecule has 0 radical (unpaired) electrons. The van der Waals surface area contributed by atoms with Crippen LogP contribution in [0, 0.1) is 17.2 Å². The van der Waals surface area contributed by atoms with Gasteiger partial charge in [0.2, 0.25) is 0 Å². The third kappa shape index (κ3) is 10.8. The van der Waals surface area contributed by atoms with E-state index in [1.165, 1.54) is 5.56 Å². The Morgan fingerprint density at radius 3 is 2.49 bits per heavy atom. The molecule has 4 nitrogen and oxygen atoms in total. The molecule has 3 aromatic rings. The Balaban J connectivity index is 1.55. The number of carboxylic acid groups (broad SMARTS) is 1. The highest BCUT2D eigenvalue weighted by Gasteiger charge is 2.09. The summed E-state index contributed by atoms with van der Waals surface area (Å²) in [5.74, 6) is 0.381. The molecule has 0 aliphatic carbocycles. The number of unbranched alkanes of at least 4 members (excludes halogenated alkanes) is 3. The van der Waals surface area contributed by atoms with Gasteiger partial charge in [-0.1, -0.05) is 79.2 Å². The summed E-state index contributed by atoms with van der Waals surface area (Å²) >= 11 is 0. The van der Waals surface area contributed by atoms with Crippen LogP contribution in [0.1, 0.15) is 67.2 Å². The van der Waals surface area contributed by atoms with Gasteiger partial charge in [-0.15, -0.1) is 0 Å². The number of carbonyl (C=O) groups is 1. The van der Waals surface area contributed by atoms with Gasteiger partial charge < -0.3 is 9.84 Å². The summed E-state index contributed by atoms with van der Waals surface area (Å²) in [5, 5.41) is 18.2. The molecule has 0 aliphatic heterocycles. The Labute approximate surface area is 221 Å². The first kappa shape index (κ1) is 27.7. The molecular weight excluding hydrogens is 458 g/mol. The zero-order chi connectivity index (χ0) is 26.1. The van der Waals surface area contributed by atoms with Crippen LogP contribution in [0.5, 0.6) is 5.75 Å². The summed E-state index contributed by atoms with van der Waals surface area (Å²) in [6.45, 7) is 0.694. The van der Waals surface area contributed by atoms with Crippen molar-refractivity contribution in [3.63, 3.8) is 0 Å². The van der Waals surface area contributed by atoms with Crippen molar-refractivity contribution >= 4 is 12.0 Å². The molecule has 37 heavy (non-hydrogen) atoms. The number of carboxylic acids is 1. The molecule has 1 unspecified atom stereocenters. The molecule has 0 heterocycles. The van der Waals surface area contributed by atoms with Crippen LogP contribution in [0.2, 0.25) is 0 Å². The molecule has 0 aromatic heterocycles. The molecular formula is C33H37NO3. The van der Waals surface area contributed by atoms with Crippen molar-refractivity contribution < 1.29 is 14.6 Å². The first-order valence-corrected chi connectivity index (χ1v) is 13.3. The maximum Gasteiger partial charge on any atom is 0.303 e. The first-order chi connectivity index (χ1) is 18.1. The van der Waals surface area contributed by atoms with E-state index in [2.05, 4.69) is 54.6 Å². The second kappa shape index (κ2) is 16.0. The number of benzene rings is 3. The van der Waals surface area contributed by atoms with Crippen LogP contribution in [-0.4, -0.2) is 17.7 Å². The summed E-state index contributed by atoms with van der Waals surface area (Å²) in [5.41, 5.74) is 4.21. The Bertz CT molecular complexity index is 1160. The van der Waals surface area contributed by atoms with Crippen molar-refractivity contribution in [1.29, 1.82) is 5.26 Å². The summed E-state index contributed by atoms with van der Waals surface area (Å²) < 4.78 is 6.14. The molecule has 0 bridgehead atoms. The third-order valence-electron chi connectivity index (χ3n) is 6.45. The summed E-state index contributed by atoms with van der Waals surface area (Å²) in [6, 6.07) is 28.6. The molecule has 0 spiro atoms. The molecule has 0 amide bonds. The van der Waals surface area contributed by atoms with Crippen molar-refractivity contribution in [3.8, 4) is 11.8 Å². The van der Waals surface area contributed by atoms with Crippen LogP contribution in [0.25, 0.3) is 6.08 Å². The van der Waals surface area contributed by atoms with Gasteiger partial charge in [0.05, 0.1) is 18.2 Å². The quantitative estimate of drug-likeness (QED) is 0.205. The number of hydrogen-bond acceptors (Lipinski definition) is 3. The Morgan fingerprint density at radius 2 is 1.68 bits per heavy atom. The Morgan fingerprint density at radius 1 is 0.892 bits per heavy atom. The maximum atomic E-state index is 10.9. The van der Waals surface area contributed by atoms with Gasteiger partial charge in [0.1, 0.15) is 5.75 Å². The predicted octanol–water partition coefficient (Wildman–Crippen LogP) is 7.87. The van der Waals surface area contributed by atoms with Gasteiger partial charge in [0, 0.05) is 12.0 Å². The number of para-hydroxylation sites is 1. The minimum absolute atomic E-state index is 0.197. The SMILES string of the molecule is N#Cc1cccc(CC(/C=C/c2ccccc2OCCCCCc2ccccc2)CCCCC(=O)O)c1. The van der Waals surface area contributed by atoms with E-state index in [1.54, 1.807) is 0 Å². The van der Waals surface area contributed by atoms with Crippen molar-refractivity contribution in [2.45, 2.75) is 57.8 Å². The highest BCUT2D eigenvalue weighted by molar-refractivity contribution is 5.66. The summed E-state index contributed by atoms with van der Waals surface area (Å²) in [4.78, 5) is 10.9. The van der Waals surface area contributed by atoms with Crippen molar-refractivity contribution in [3.05, 3.63) is 107 Å². The highest BCUT2D eigenvalue weighted by Crippen LogP contribution is 2.24. The monoisotopic (exact) mass is 495 g/mol. The molecule has 1 N–H and O–H groups in total. The average molecular weight is 496 g/mol. The van der Waals surface area contributed by atoms with E-state index in [1.807, 2.05) is 42.5 Å². The van der Waals surface area contributed by atoms with E-state index in [9.17, 15) is 10.1 Å². The summed E-state index contributed by atoms with van der Waals surface area (Å²) in [7, 11) is 0. The topological polar surface area (TPSA) is 70.3 Å². The molecule has 0 saturated heterocycles. The lowest BCUT2D eigenvalue weighted by Crippen LogP contribution is -2.03. The lowest BCUT2D eigenvalue weighted by Gasteiger charge is -2.14. The van der Waals surface area contributed by atoms with Gasteiger partial charge in [0.15, 0.2) is 0 Å².